The highest BCUT2D eigenvalue weighted by Gasteiger charge is 2.21. The summed E-state index contributed by atoms with van der Waals surface area (Å²) >= 11 is 3.82. The summed E-state index contributed by atoms with van der Waals surface area (Å²) in [6, 6.07) is 22.7. The fraction of sp³-hybridized carbons (Fsp3) is 0.286. The van der Waals surface area contributed by atoms with Crippen LogP contribution in [0.4, 0.5) is 0 Å². The molecule has 0 fully saturated rings. The predicted molar refractivity (Wildman–Crippen MR) is 170 cm³/mol. The van der Waals surface area contributed by atoms with Crippen molar-refractivity contribution < 1.29 is 0 Å². The summed E-state index contributed by atoms with van der Waals surface area (Å²) in [4.78, 5) is 7.78. The van der Waals surface area contributed by atoms with Gasteiger partial charge in [-0.3, -0.25) is 4.98 Å². The number of aryl methyl sites for hydroxylation is 2. The summed E-state index contributed by atoms with van der Waals surface area (Å²) < 4.78 is 2.67. The summed E-state index contributed by atoms with van der Waals surface area (Å²) in [5.41, 5.74) is 7.90. The van der Waals surface area contributed by atoms with Crippen LogP contribution in [-0.2, 0) is 11.8 Å². The molecule has 0 aliphatic heterocycles. The molecule has 0 saturated heterocycles. The van der Waals surface area contributed by atoms with E-state index in [1.54, 1.807) is 0 Å². The van der Waals surface area contributed by atoms with Crippen LogP contribution in [0.1, 0.15) is 56.2 Å². The number of pyridine rings is 1. The summed E-state index contributed by atoms with van der Waals surface area (Å²) in [6.07, 6.45) is 3.12. The molecule has 6 aromatic rings. The average Bonchev–Trinajstić information content (AvgIpc) is 3.38. The molecule has 192 valence electrons. The Labute approximate surface area is 234 Å². The van der Waals surface area contributed by atoms with E-state index in [0.717, 1.165) is 12.1 Å². The zero-order valence-electron chi connectivity index (χ0n) is 23.4. The molecule has 3 heterocycles. The number of hydrogen-bond donors (Lipinski definition) is 0. The standard InChI is InChI=1S/C35H35NS2/c1-20(2)16-28-22(4)37-31-13-12-24(18-29(28)31)33-21(3)26-14-15-36-32(34(26)38-33)25-17-23-10-8-9-11-27(23)30(19-25)35(5,6)7/h8-15,17-20H,16H2,1-7H3. The Morgan fingerprint density at radius 1 is 0.816 bits per heavy atom. The van der Waals surface area contributed by atoms with Crippen molar-refractivity contribution in [3.8, 4) is 21.7 Å². The lowest BCUT2D eigenvalue weighted by Gasteiger charge is -2.22. The molecule has 0 aliphatic carbocycles. The highest BCUT2D eigenvalue weighted by molar-refractivity contribution is 7.23. The number of nitrogens with zero attached hydrogens (tertiary/aromatic N) is 1. The van der Waals surface area contributed by atoms with E-state index in [4.69, 9.17) is 4.98 Å². The minimum atomic E-state index is 0.0435. The molecule has 0 bridgehead atoms. The molecule has 0 aliphatic rings. The van der Waals surface area contributed by atoms with Gasteiger partial charge in [0.15, 0.2) is 0 Å². The van der Waals surface area contributed by atoms with Gasteiger partial charge in [-0.15, -0.1) is 22.7 Å². The second-order valence-electron chi connectivity index (χ2n) is 12.0. The Balaban J connectivity index is 1.55. The van der Waals surface area contributed by atoms with Crippen molar-refractivity contribution in [1.82, 2.24) is 4.98 Å². The topological polar surface area (TPSA) is 12.9 Å². The summed E-state index contributed by atoms with van der Waals surface area (Å²) in [5.74, 6) is 0.648. The molecule has 1 nitrogen and oxygen atoms in total. The smallest absolute Gasteiger partial charge is 0.0880 e. The van der Waals surface area contributed by atoms with Crippen LogP contribution in [0, 0.1) is 19.8 Å². The molecular weight excluding hydrogens is 499 g/mol. The van der Waals surface area contributed by atoms with Crippen LogP contribution in [0.3, 0.4) is 0 Å². The highest BCUT2D eigenvalue weighted by atomic mass is 32.1. The molecule has 0 amide bonds. The average molecular weight is 534 g/mol. The van der Waals surface area contributed by atoms with Gasteiger partial charge >= 0.3 is 0 Å². The number of thiophene rings is 2. The lowest BCUT2D eigenvalue weighted by atomic mass is 9.82. The van der Waals surface area contributed by atoms with E-state index < -0.39 is 0 Å². The minimum absolute atomic E-state index is 0.0435. The molecule has 38 heavy (non-hydrogen) atoms. The molecule has 3 heteroatoms. The van der Waals surface area contributed by atoms with Crippen molar-refractivity contribution in [2.75, 3.05) is 0 Å². The molecular formula is C35H35NS2. The SMILES string of the molecule is Cc1sc2ccc(-c3sc4c(-c5cc(C(C)(C)C)c6ccccc6c5)nccc4c3C)cc2c1CC(C)C. The van der Waals surface area contributed by atoms with Crippen molar-refractivity contribution in [3.05, 3.63) is 88.4 Å². The third-order valence-corrected chi connectivity index (χ3v) is 10.2. The second-order valence-corrected chi connectivity index (χ2v) is 14.3. The largest absolute Gasteiger partial charge is 0.255 e. The van der Waals surface area contributed by atoms with E-state index in [-0.39, 0.29) is 5.41 Å². The molecule has 3 aromatic carbocycles. The molecule has 0 atom stereocenters. The molecule has 6 rings (SSSR count). The molecule has 3 aromatic heterocycles. The van der Waals surface area contributed by atoms with E-state index in [0.29, 0.717) is 5.92 Å². The zero-order chi connectivity index (χ0) is 26.8. The Kier molecular flexibility index (Phi) is 6.20. The molecule has 0 saturated carbocycles. The fourth-order valence-electron chi connectivity index (χ4n) is 5.77. The van der Waals surface area contributed by atoms with Crippen LogP contribution >= 0.6 is 22.7 Å². The van der Waals surface area contributed by atoms with E-state index in [9.17, 15) is 0 Å². The first-order chi connectivity index (χ1) is 18.1. The first-order valence-corrected chi connectivity index (χ1v) is 15.2. The van der Waals surface area contributed by atoms with Crippen molar-refractivity contribution >= 4 is 53.6 Å². The lowest BCUT2D eigenvalue weighted by molar-refractivity contribution is 0.596. The maximum Gasteiger partial charge on any atom is 0.0880 e. The van der Waals surface area contributed by atoms with Crippen LogP contribution < -0.4 is 0 Å². The van der Waals surface area contributed by atoms with Gasteiger partial charge in [0.2, 0.25) is 0 Å². The van der Waals surface area contributed by atoms with Gasteiger partial charge in [-0.1, -0.05) is 65.0 Å². The van der Waals surface area contributed by atoms with Crippen molar-refractivity contribution in [2.24, 2.45) is 5.92 Å². The Morgan fingerprint density at radius 3 is 2.37 bits per heavy atom. The number of fused-ring (bicyclic) bond motifs is 3. The van der Waals surface area contributed by atoms with Crippen LogP contribution in [0.25, 0.3) is 52.6 Å². The van der Waals surface area contributed by atoms with Gasteiger partial charge in [0.25, 0.3) is 0 Å². The van der Waals surface area contributed by atoms with Gasteiger partial charge in [0, 0.05) is 26.2 Å². The highest BCUT2D eigenvalue weighted by Crippen LogP contribution is 2.45. The van der Waals surface area contributed by atoms with Crippen molar-refractivity contribution in [1.29, 1.82) is 0 Å². The van der Waals surface area contributed by atoms with E-state index in [1.807, 2.05) is 28.9 Å². The van der Waals surface area contributed by atoms with Gasteiger partial charge in [-0.2, -0.15) is 0 Å². The third-order valence-electron chi connectivity index (χ3n) is 7.66. The van der Waals surface area contributed by atoms with Gasteiger partial charge in [0.1, 0.15) is 0 Å². The predicted octanol–water partition coefficient (Wildman–Crippen LogP) is 11.1. The quantitative estimate of drug-likeness (QED) is 0.220. The lowest BCUT2D eigenvalue weighted by Crippen LogP contribution is -2.12. The Bertz CT molecular complexity index is 1820. The summed E-state index contributed by atoms with van der Waals surface area (Å²) in [7, 11) is 0. The zero-order valence-corrected chi connectivity index (χ0v) is 25.0. The van der Waals surface area contributed by atoms with Gasteiger partial charge in [-0.25, -0.2) is 0 Å². The first kappa shape index (κ1) is 25.3. The number of aromatic nitrogens is 1. The van der Waals surface area contributed by atoms with Crippen molar-refractivity contribution in [2.45, 2.75) is 60.3 Å². The molecule has 0 radical (unpaired) electrons. The number of benzene rings is 3. The minimum Gasteiger partial charge on any atom is -0.255 e. The van der Waals surface area contributed by atoms with E-state index in [1.165, 1.54) is 68.5 Å². The molecule has 0 N–H and O–H groups in total. The monoisotopic (exact) mass is 533 g/mol. The number of rotatable bonds is 4. The third kappa shape index (κ3) is 4.26. The van der Waals surface area contributed by atoms with Gasteiger partial charge in [0.05, 0.1) is 10.4 Å². The molecule has 0 spiro atoms. The second kappa shape index (κ2) is 9.32. The van der Waals surface area contributed by atoms with Crippen LogP contribution in [0.15, 0.2) is 66.9 Å². The van der Waals surface area contributed by atoms with Gasteiger partial charge in [-0.05, 0) is 106 Å². The fourth-order valence-corrected chi connectivity index (χ4v) is 8.16. The van der Waals surface area contributed by atoms with Crippen LogP contribution in [0.2, 0.25) is 0 Å². The Morgan fingerprint density at radius 2 is 1.61 bits per heavy atom. The maximum atomic E-state index is 4.97. The number of hydrogen-bond acceptors (Lipinski definition) is 3. The summed E-state index contributed by atoms with van der Waals surface area (Å²) in [6.45, 7) is 16.1. The van der Waals surface area contributed by atoms with E-state index in [2.05, 4.69) is 109 Å². The van der Waals surface area contributed by atoms with Crippen LogP contribution in [-0.4, -0.2) is 4.98 Å². The maximum absolute atomic E-state index is 4.97. The first-order valence-electron chi connectivity index (χ1n) is 13.6. The van der Waals surface area contributed by atoms with Crippen LogP contribution in [0.5, 0.6) is 0 Å². The summed E-state index contributed by atoms with van der Waals surface area (Å²) in [5, 5.41) is 5.34. The normalized spacial score (nSPS) is 12.4. The molecule has 0 unspecified atom stereocenters. The Hall–Kier alpha value is -3.01. The van der Waals surface area contributed by atoms with E-state index >= 15 is 0 Å². The van der Waals surface area contributed by atoms with Gasteiger partial charge < -0.3 is 0 Å². The van der Waals surface area contributed by atoms with Crippen molar-refractivity contribution in [3.63, 3.8) is 0 Å².